The molecule has 4 unspecified atom stereocenters. The molecule has 72 heavy (non-hydrogen) atoms. The summed E-state index contributed by atoms with van der Waals surface area (Å²) < 4.78 is 123. The fourth-order valence-electron chi connectivity index (χ4n) is 7.14. The van der Waals surface area contributed by atoms with Crippen LogP contribution >= 0.6 is 15.6 Å². The third-order valence-corrected chi connectivity index (χ3v) is 13.9. The van der Waals surface area contributed by atoms with Crippen LogP contribution in [-0.4, -0.2) is 108 Å². The third kappa shape index (κ3) is 16.6. The van der Waals surface area contributed by atoms with E-state index in [0.717, 1.165) is 33.7 Å². The molecule has 4 heterocycles. The number of aromatic nitrogens is 4. The number of rotatable bonds is 29. The SMILES string of the molecule is CCC(C)C(=O)OCOP(=O)(OCOC(=O)C(C)C)OC[C@]1(CF)C[C@H](CC(C)C(=O)OCOP(=O)(OCOC(=O)C(C)C)OC[C@]2(CF)C[C@H](C)[C@H](n3ccc(=O)[nH]c3=O)O2)[C@H](n2ccc(=O)[nH]c2=O)O1. The van der Waals surface area contributed by atoms with E-state index >= 15 is 4.39 Å². The lowest BCUT2D eigenvalue weighted by molar-refractivity contribution is -0.162. The molecule has 2 N–H and O–H groups in total. The van der Waals surface area contributed by atoms with E-state index in [9.17, 15) is 51.9 Å². The Bertz CT molecular complexity index is 2520. The number of carbonyl (C=O) groups excluding carboxylic acids is 4. The zero-order chi connectivity index (χ0) is 53.6. The number of esters is 4. The number of H-pyrrole nitrogens is 2. The Balaban J connectivity index is 1.50. The highest BCUT2D eigenvalue weighted by Crippen LogP contribution is 2.54. The van der Waals surface area contributed by atoms with Gasteiger partial charge in [0, 0.05) is 36.4 Å². The number of hydrogen-bond donors (Lipinski definition) is 2. The zero-order valence-corrected chi connectivity index (χ0v) is 42.7. The van der Waals surface area contributed by atoms with Crippen molar-refractivity contribution in [1.29, 1.82) is 0 Å². The van der Waals surface area contributed by atoms with Crippen LogP contribution in [0.25, 0.3) is 0 Å². The van der Waals surface area contributed by atoms with Crippen molar-refractivity contribution in [2.45, 2.75) is 105 Å². The summed E-state index contributed by atoms with van der Waals surface area (Å²) in [6, 6.07) is 2.04. The summed E-state index contributed by atoms with van der Waals surface area (Å²) in [5.74, 6) is -7.84. The molecule has 0 saturated carbocycles. The molecule has 0 radical (unpaired) electrons. The molecule has 0 bridgehead atoms. The lowest BCUT2D eigenvalue weighted by atomic mass is 9.87. The summed E-state index contributed by atoms with van der Waals surface area (Å²) in [5.41, 5.74) is -7.23. The standard InChI is InChI=1S/C42H62F2N4O22P2/c1-9-27(6)37(53)61-23-67-72(58,66-22-60-36(52)26(4)5)64-20-42(18-44)16-30(34(70-42)48-13-11-32(50)46-40(48)56)14-28(7)38(54)62-24-68-71(57,65-21-59-35(51)25(2)3)63-19-41(17-43)15-29(8)33(69-41)47-12-10-31(49)45-39(47)55/h10-13,25-30,33-34H,9,14-24H2,1-8H3,(H,45,49,55)(H,46,50,56)/t27?,28?,29-,30-,33+,34+,41+,42+,71?,72?/m0/s1. The first kappa shape index (κ1) is 59.8. The molecule has 2 aliphatic rings. The molecule has 10 atom stereocenters. The highest BCUT2D eigenvalue weighted by Gasteiger charge is 2.51. The van der Waals surface area contributed by atoms with E-state index in [1.807, 2.05) is 0 Å². The number of nitrogens with one attached hydrogen (secondary N) is 2. The molecule has 0 aliphatic carbocycles. The maximum absolute atomic E-state index is 15.3. The molecule has 406 valence electrons. The Morgan fingerprint density at radius 1 is 0.639 bits per heavy atom. The van der Waals surface area contributed by atoms with E-state index < -0.39 is 175 Å². The fraction of sp³-hybridized carbons (Fsp3) is 0.714. The van der Waals surface area contributed by atoms with Crippen LogP contribution in [0.5, 0.6) is 0 Å². The Hall–Kier alpha value is -4.76. The van der Waals surface area contributed by atoms with Gasteiger partial charge in [0.25, 0.3) is 11.1 Å². The number of halogens is 2. The molecular formula is C42H62F2N4O22P2. The molecule has 2 aromatic rings. The van der Waals surface area contributed by atoms with E-state index in [1.165, 1.54) is 34.6 Å². The van der Waals surface area contributed by atoms with Gasteiger partial charge in [0.1, 0.15) is 37.0 Å². The summed E-state index contributed by atoms with van der Waals surface area (Å²) in [7, 11) is -9.83. The van der Waals surface area contributed by atoms with Gasteiger partial charge in [-0.15, -0.1) is 0 Å². The normalized spacial score (nSPS) is 24.6. The molecule has 0 aromatic carbocycles. The van der Waals surface area contributed by atoms with Crippen molar-refractivity contribution in [3.8, 4) is 0 Å². The molecule has 2 fully saturated rings. The van der Waals surface area contributed by atoms with Gasteiger partial charge in [-0.2, -0.15) is 0 Å². The van der Waals surface area contributed by atoms with E-state index in [0.29, 0.717) is 6.42 Å². The molecule has 26 nitrogen and oxygen atoms in total. The number of ether oxygens (including phenoxy) is 6. The van der Waals surface area contributed by atoms with Crippen LogP contribution in [0.3, 0.4) is 0 Å². The third-order valence-electron chi connectivity index (χ3n) is 11.3. The van der Waals surface area contributed by atoms with Crippen LogP contribution in [0.4, 0.5) is 8.78 Å². The van der Waals surface area contributed by atoms with Crippen molar-refractivity contribution in [2.75, 3.05) is 53.7 Å². The topological polar surface area (TPSA) is 323 Å². The van der Waals surface area contributed by atoms with Crippen molar-refractivity contribution < 1.29 is 92.7 Å². The predicted octanol–water partition coefficient (Wildman–Crippen LogP) is 4.30. The smallest absolute Gasteiger partial charge is 0.438 e. The fourth-order valence-corrected chi connectivity index (χ4v) is 9.10. The van der Waals surface area contributed by atoms with Gasteiger partial charge in [-0.3, -0.25) is 56.9 Å². The summed E-state index contributed by atoms with van der Waals surface area (Å²) >= 11 is 0. The molecule has 2 aromatic heterocycles. The quantitative estimate of drug-likeness (QED) is 0.0496. The first-order valence-corrected chi connectivity index (χ1v) is 25.6. The number of hydrogen-bond acceptors (Lipinski definition) is 22. The summed E-state index contributed by atoms with van der Waals surface area (Å²) in [6.45, 7) is 3.87. The van der Waals surface area contributed by atoms with Crippen LogP contribution in [0.1, 0.15) is 93.5 Å². The van der Waals surface area contributed by atoms with E-state index in [2.05, 4.69) is 9.97 Å². The molecule has 2 saturated heterocycles. The summed E-state index contributed by atoms with van der Waals surface area (Å²) in [5, 5.41) is 0. The van der Waals surface area contributed by atoms with Gasteiger partial charge >= 0.3 is 50.9 Å². The molecule has 0 spiro atoms. The maximum Gasteiger partial charge on any atom is 0.480 e. The van der Waals surface area contributed by atoms with Gasteiger partial charge in [-0.05, 0) is 25.7 Å². The average molecular weight is 1070 g/mol. The first-order chi connectivity index (χ1) is 33.8. The summed E-state index contributed by atoms with van der Waals surface area (Å²) in [4.78, 5) is 103. The van der Waals surface area contributed by atoms with Crippen LogP contribution in [-0.2, 0) is 83.9 Å². The van der Waals surface area contributed by atoms with Crippen molar-refractivity contribution >= 4 is 39.5 Å². The molecule has 2 aliphatic heterocycles. The number of alkyl halides is 2. The lowest BCUT2D eigenvalue weighted by Crippen LogP contribution is -2.38. The molecule has 4 rings (SSSR count). The molecule has 0 amide bonds. The summed E-state index contributed by atoms with van der Waals surface area (Å²) in [6.07, 6.45) is -0.670. The minimum atomic E-state index is -4.95. The van der Waals surface area contributed by atoms with Gasteiger partial charge in [0.15, 0.2) is 0 Å². The number of phosphoric acid groups is 2. The average Bonchev–Trinajstić information content (AvgIpc) is 3.86. The second kappa shape index (κ2) is 26.5. The van der Waals surface area contributed by atoms with Crippen molar-refractivity contribution in [1.82, 2.24) is 19.1 Å². The van der Waals surface area contributed by atoms with Gasteiger partial charge in [-0.25, -0.2) is 45.6 Å². The number of phosphoric ester groups is 2. The monoisotopic (exact) mass is 1070 g/mol. The zero-order valence-electron chi connectivity index (χ0n) is 40.9. The molecule has 30 heteroatoms. The van der Waals surface area contributed by atoms with Crippen LogP contribution in [0, 0.1) is 35.5 Å². The first-order valence-electron chi connectivity index (χ1n) is 22.7. The van der Waals surface area contributed by atoms with Gasteiger partial charge in [0.05, 0.1) is 36.9 Å². The highest BCUT2D eigenvalue weighted by molar-refractivity contribution is 7.48. The Kier molecular flexibility index (Phi) is 22.0. The van der Waals surface area contributed by atoms with Crippen molar-refractivity contribution in [3.63, 3.8) is 0 Å². The maximum atomic E-state index is 15.3. The number of carbonyl (C=O) groups is 4. The number of nitrogens with zero attached hydrogens (tertiary/aromatic N) is 2. The highest BCUT2D eigenvalue weighted by atomic mass is 31.2. The second-order valence-corrected chi connectivity index (χ2v) is 21.2. The minimum absolute atomic E-state index is 0.104. The largest absolute Gasteiger partial charge is 0.480 e. The lowest BCUT2D eigenvalue weighted by Gasteiger charge is -2.28. The Morgan fingerprint density at radius 2 is 1.03 bits per heavy atom. The van der Waals surface area contributed by atoms with Crippen molar-refractivity contribution in [3.05, 3.63) is 66.2 Å². The van der Waals surface area contributed by atoms with E-state index in [4.69, 9.17) is 55.6 Å². The Morgan fingerprint density at radius 3 is 1.43 bits per heavy atom. The second-order valence-electron chi connectivity index (χ2n) is 17.9. The van der Waals surface area contributed by atoms with E-state index in [-0.39, 0.29) is 19.3 Å². The van der Waals surface area contributed by atoms with Gasteiger partial charge in [0.2, 0.25) is 27.2 Å². The van der Waals surface area contributed by atoms with Crippen LogP contribution in [0.15, 0.2) is 43.7 Å². The minimum Gasteiger partial charge on any atom is -0.438 e. The molecular weight excluding hydrogens is 1010 g/mol. The predicted molar refractivity (Wildman–Crippen MR) is 240 cm³/mol. The van der Waals surface area contributed by atoms with Crippen molar-refractivity contribution in [2.24, 2.45) is 35.5 Å². The van der Waals surface area contributed by atoms with Gasteiger partial charge < -0.3 is 28.4 Å². The van der Waals surface area contributed by atoms with Gasteiger partial charge in [-0.1, -0.05) is 55.4 Å². The number of aromatic amines is 2. The van der Waals surface area contributed by atoms with E-state index in [1.54, 1.807) is 20.8 Å². The van der Waals surface area contributed by atoms with Crippen LogP contribution in [0.2, 0.25) is 0 Å². The Labute approximate surface area is 410 Å². The van der Waals surface area contributed by atoms with Crippen LogP contribution < -0.4 is 22.5 Å².